The molecule has 1 aliphatic rings. The molecule has 0 saturated heterocycles. The fraction of sp³-hybridized carbons (Fsp3) is 0.647. The van der Waals surface area contributed by atoms with E-state index in [0.717, 1.165) is 6.42 Å². The molecule has 0 bridgehead atoms. The standard InChI is InChI=1S/C17H28/c1-6-9-14(3)11-12-16-15(4)10-8-13-17(16,5)7-2/h9,11-12H,6-8,10,13H2,1-5H3/b12-11+,14-9+. The first-order chi connectivity index (χ1) is 8.03. The zero-order valence-corrected chi connectivity index (χ0v) is 12.3. The van der Waals surface area contributed by atoms with E-state index in [4.69, 9.17) is 0 Å². The minimum absolute atomic E-state index is 0.408. The third kappa shape index (κ3) is 3.59. The lowest BCUT2D eigenvalue weighted by molar-refractivity contribution is 0.327. The molecule has 0 amide bonds. The number of allylic oxidation sites excluding steroid dienone is 6. The normalized spacial score (nSPS) is 27.0. The van der Waals surface area contributed by atoms with Gasteiger partial charge < -0.3 is 0 Å². The van der Waals surface area contributed by atoms with Gasteiger partial charge in [-0.25, -0.2) is 0 Å². The molecular weight excluding hydrogens is 204 g/mol. The van der Waals surface area contributed by atoms with Crippen molar-refractivity contribution in [2.24, 2.45) is 5.41 Å². The molecule has 1 atom stereocenters. The van der Waals surface area contributed by atoms with Crippen LogP contribution in [0.2, 0.25) is 0 Å². The van der Waals surface area contributed by atoms with E-state index >= 15 is 0 Å². The Labute approximate surface area is 108 Å². The molecule has 0 radical (unpaired) electrons. The third-order valence-electron chi connectivity index (χ3n) is 4.21. The Morgan fingerprint density at radius 3 is 2.65 bits per heavy atom. The molecule has 1 aliphatic carbocycles. The van der Waals surface area contributed by atoms with Gasteiger partial charge >= 0.3 is 0 Å². The van der Waals surface area contributed by atoms with Gasteiger partial charge in [-0.05, 0) is 56.9 Å². The zero-order valence-electron chi connectivity index (χ0n) is 12.3. The molecule has 0 nitrogen and oxygen atoms in total. The average Bonchev–Trinajstić information content (AvgIpc) is 2.29. The first-order valence-electron chi connectivity index (χ1n) is 7.08. The Morgan fingerprint density at radius 1 is 1.35 bits per heavy atom. The van der Waals surface area contributed by atoms with E-state index in [1.165, 1.54) is 31.3 Å². The van der Waals surface area contributed by atoms with E-state index in [1.54, 1.807) is 11.1 Å². The van der Waals surface area contributed by atoms with Gasteiger partial charge in [-0.2, -0.15) is 0 Å². The monoisotopic (exact) mass is 232 g/mol. The molecule has 0 heteroatoms. The maximum Gasteiger partial charge on any atom is -0.00783 e. The van der Waals surface area contributed by atoms with Crippen LogP contribution in [0.15, 0.2) is 34.9 Å². The Hall–Kier alpha value is -0.780. The summed E-state index contributed by atoms with van der Waals surface area (Å²) in [6.45, 7) is 11.4. The average molecular weight is 232 g/mol. The topological polar surface area (TPSA) is 0 Å². The molecule has 0 saturated carbocycles. The van der Waals surface area contributed by atoms with Crippen molar-refractivity contribution in [3.05, 3.63) is 34.9 Å². The molecule has 0 heterocycles. The Morgan fingerprint density at radius 2 is 2.06 bits per heavy atom. The molecule has 1 rings (SSSR count). The summed E-state index contributed by atoms with van der Waals surface area (Å²) < 4.78 is 0. The van der Waals surface area contributed by atoms with Crippen LogP contribution < -0.4 is 0 Å². The van der Waals surface area contributed by atoms with Gasteiger partial charge in [0.1, 0.15) is 0 Å². The van der Waals surface area contributed by atoms with E-state index in [-0.39, 0.29) is 0 Å². The van der Waals surface area contributed by atoms with Gasteiger partial charge in [-0.3, -0.25) is 0 Å². The van der Waals surface area contributed by atoms with E-state index in [9.17, 15) is 0 Å². The second-order valence-corrected chi connectivity index (χ2v) is 5.65. The van der Waals surface area contributed by atoms with Crippen molar-refractivity contribution in [2.75, 3.05) is 0 Å². The van der Waals surface area contributed by atoms with Gasteiger partial charge in [-0.15, -0.1) is 0 Å². The Balaban J connectivity index is 2.96. The van der Waals surface area contributed by atoms with E-state index in [2.05, 4.69) is 52.8 Å². The van der Waals surface area contributed by atoms with E-state index in [0.29, 0.717) is 5.41 Å². The summed E-state index contributed by atoms with van der Waals surface area (Å²) in [7, 11) is 0. The largest absolute Gasteiger partial charge is 0.0819 e. The number of hydrogen-bond acceptors (Lipinski definition) is 0. The molecule has 96 valence electrons. The van der Waals surface area contributed by atoms with Crippen LogP contribution in [-0.4, -0.2) is 0 Å². The second kappa shape index (κ2) is 6.23. The van der Waals surface area contributed by atoms with Gasteiger partial charge in [0, 0.05) is 0 Å². The van der Waals surface area contributed by atoms with Crippen molar-refractivity contribution in [1.82, 2.24) is 0 Å². The van der Waals surface area contributed by atoms with Gasteiger partial charge in [-0.1, -0.05) is 50.1 Å². The highest BCUT2D eigenvalue weighted by Crippen LogP contribution is 2.43. The maximum absolute atomic E-state index is 2.42. The SMILES string of the molecule is CC/C=C(C)/C=C/C1=C(C)CCCC1(C)CC. The minimum Gasteiger partial charge on any atom is -0.0819 e. The summed E-state index contributed by atoms with van der Waals surface area (Å²) >= 11 is 0. The van der Waals surface area contributed by atoms with Crippen molar-refractivity contribution < 1.29 is 0 Å². The highest BCUT2D eigenvalue weighted by Gasteiger charge is 2.29. The molecule has 17 heavy (non-hydrogen) atoms. The summed E-state index contributed by atoms with van der Waals surface area (Å²) in [4.78, 5) is 0. The van der Waals surface area contributed by atoms with Crippen molar-refractivity contribution in [1.29, 1.82) is 0 Å². The van der Waals surface area contributed by atoms with E-state index in [1.807, 2.05) is 0 Å². The summed E-state index contributed by atoms with van der Waals surface area (Å²) in [5.74, 6) is 0. The van der Waals surface area contributed by atoms with Crippen LogP contribution in [0.1, 0.15) is 66.7 Å². The molecule has 0 aliphatic heterocycles. The molecule has 0 fully saturated rings. The predicted octanol–water partition coefficient (Wildman–Crippen LogP) is 5.82. The van der Waals surface area contributed by atoms with Gasteiger partial charge in [0.05, 0.1) is 0 Å². The van der Waals surface area contributed by atoms with Crippen LogP contribution in [0.25, 0.3) is 0 Å². The molecule has 0 spiro atoms. The van der Waals surface area contributed by atoms with Crippen LogP contribution in [0.4, 0.5) is 0 Å². The Kier molecular flexibility index (Phi) is 5.24. The van der Waals surface area contributed by atoms with Crippen LogP contribution in [0, 0.1) is 5.41 Å². The third-order valence-corrected chi connectivity index (χ3v) is 4.21. The lowest BCUT2D eigenvalue weighted by atomic mass is 9.69. The summed E-state index contributed by atoms with van der Waals surface area (Å²) in [6.07, 6.45) is 13.3. The quantitative estimate of drug-likeness (QED) is 0.536. The lowest BCUT2D eigenvalue weighted by Gasteiger charge is -2.35. The van der Waals surface area contributed by atoms with Crippen molar-refractivity contribution in [3.63, 3.8) is 0 Å². The van der Waals surface area contributed by atoms with Crippen LogP contribution in [0.5, 0.6) is 0 Å². The van der Waals surface area contributed by atoms with Crippen molar-refractivity contribution in [2.45, 2.75) is 66.7 Å². The van der Waals surface area contributed by atoms with Gasteiger partial charge in [0.15, 0.2) is 0 Å². The van der Waals surface area contributed by atoms with Crippen molar-refractivity contribution in [3.8, 4) is 0 Å². The number of rotatable bonds is 4. The fourth-order valence-electron chi connectivity index (χ4n) is 2.84. The molecule has 0 aromatic carbocycles. The summed E-state index contributed by atoms with van der Waals surface area (Å²) in [5.41, 5.74) is 4.98. The molecule has 1 unspecified atom stereocenters. The minimum atomic E-state index is 0.408. The van der Waals surface area contributed by atoms with Crippen LogP contribution in [0.3, 0.4) is 0 Å². The fourth-order valence-corrected chi connectivity index (χ4v) is 2.84. The predicted molar refractivity (Wildman–Crippen MR) is 78.1 cm³/mol. The van der Waals surface area contributed by atoms with Crippen molar-refractivity contribution >= 4 is 0 Å². The molecule has 0 aromatic rings. The highest BCUT2D eigenvalue weighted by atomic mass is 14.3. The first-order valence-corrected chi connectivity index (χ1v) is 7.08. The van der Waals surface area contributed by atoms with Gasteiger partial charge in [0.25, 0.3) is 0 Å². The summed E-state index contributed by atoms with van der Waals surface area (Å²) in [5, 5.41) is 0. The first kappa shape index (κ1) is 14.3. The molecular formula is C17H28. The maximum atomic E-state index is 2.42. The summed E-state index contributed by atoms with van der Waals surface area (Å²) in [6, 6.07) is 0. The highest BCUT2D eigenvalue weighted by molar-refractivity contribution is 5.36. The Bertz CT molecular complexity index is 341. The molecule has 0 aromatic heterocycles. The number of hydrogen-bond donors (Lipinski definition) is 0. The van der Waals surface area contributed by atoms with Crippen LogP contribution >= 0.6 is 0 Å². The zero-order chi connectivity index (χ0) is 12.9. The smallest absolute Gasteiger partial charge is 0.00783 e. The lowest BCUT2D eigenvalue weighted by Crippen LogP contribution is -2.22. The van der Waals surface area contributed by atoms with Crippen LogP contribution in [-0.2, 0) is 0 Å². The second-order valence-electron chi connectivity index (χ2n) is 5.65. The van der Waals surface area contributed by atoms with Gasteiger partial charge in [0.2, 0.25) is 0 Å². The molecule has 0 N–H and O–H groups in total. The van der Waals surface area contributed by atoms with E-state index < -0.39 is 0 Å².